The van der Waals surface area contributed by atoms with Gasteiger partial charge in [-0.15, -0.1) is 0 Å². The van der Waals surface area contributed by atoms with E-state index in [0.29, 0.717) is 12.3 Å². The smallest absolute Gasteiger partial charge is 0.287 e. The second kappa shape index (κ2) is 8.01. The zero-order valence-corrected chi connectivity index (χ0v) is 15.8. The first-order valence-electron chi connectivity index (χ1n) is 9.89. The van der Waals surface area contributed by atoms with Crippen LogP contribution < -0.4 is 5.32 Å². The van der Waals surface area contributed by atoms with Crippen LogP contribution in [0.2, 0.25) is 0 Å². The lowest BCUT2D eigenvalue weighted by Gasteiger charge is -2.31. The minimum atomic E-state index is -0.146. The number of nitrogens with one attached hydrogen (secondary N) is 2. The zero-order chi connectivity index (χ0) is 18.6. The number of amides is 1. The van der Waals surface area contributed by atoms with Crippen molar-refractivity contribution in [1.29, 1.82) is 0 Å². The van der Waals surface area contributed by atoms with Gasteiger partial charge in [-0.05, 0) is 63.0 Å². The number of rotatable bonds is 6. The van der Waals surface area contributed by atoms with Gasteiger partial charge in [0, 0.05) is 23.6 Å². The zero-order valence-electron chi connectivity index (χ0n) is 15.8. The number of hydrogen-bond acceptors (Lipinski definition) is 3. The van der Waals surface area contributed by atoms with Gasteiger partial charge < -0.3 is 14.7 Å². The van der Waals surface area contributed by atoms with Crippen molar-refractivity contribution in [2.24, 2.45) is 0 Å². The first-order chi connectivity index (χ1) is 13.2. The van der Waals surface area contributed by atoms with Crippen molar-refractivity contribution in [2.45, 2.75) is 38.6 Å². The second-order valence-corrected chi connectivity index (χ2v) is 7.34. The first-order valence-corrected chi connectivity index (χ1v) is 9.89. The summed E-state index contributed by atoms with van der Waals surface area (Å²) in [6, 6.07) is 12.2. The Morgan fingerprint density at radius 1 is 1.19 bits per heavy atom. The summed E-state index contributed by atoms with van der Waals surface area (Å²) in [5.41, 5.74) is 2.34. The molecule has 2 aromatic heterocycles. The number of para-hydroxylation sites is 1. The average molecular weight is 365 g/mol. The number of benzene rings is 1. The number of likely N-dealkylation sites (tertiary alicyclic amines) is 1. The average Bonchev–Trinajstić information content (AvgIpc) is 3.36. The van der Waals surface area contributed by atoms with Crippen LogP contribution >= 0.6 is 0 Å². The minimum absolute atomic E-state index is 0.146. The van der Waals surface area contributed by atoms with Gasteiger partial charge in [0.25, 0.3) is 5.91 Å². The molecular formula is C22H27N3O2. The van der Waals surface area contributed by atoms with Gasteiger partial charge in [0.05, 0.1) is 6.04 Å². The Morgan fingerprint density at radius 2 is 2.00 bits per heavy atom. The Morgan fingerprint density at radius 3 is 2.85 bits per heavy atom. The third-order valence-electron chi connectivity index (χ3n) is 5.56. The summed E-state index contributed by atoms with van der Waals surface area (Å²) in [6.07, 6.45) is 6.60. The van der Waals surface area contributed by atoms with Gasteiger partial charge in [-0.2, -0.15) is 0 Å². The molecule has 1 amide bonds. The molecule has 1 aromatic carbocycles. The highest BCUT2D eigenvalue weighted by molar-refractivity contribution is 5.91. The summed E-state index contributed by atoms with van der Waals surface area (Å²) in [4.78, 5) is 18.1. The van der Waals surface area contributed by atoms with E-state index in [2.05, 4.69) is 34.3 Å². The quantitative estimate of drug-likeness (QED) is 0.685. The predicted molar refractivity (Wildman–Crippen MR) is 107 cm³/mol. The van der Waals surface area contributed by atoms with Crippen molar-refractivity contribution >= 4 is 16.8 Å². The van der Waals surface area contributed by atoms with Crippen molar-refractivity contribution in [3.05, 3.63) is 59.7 Å². The van der Waals surface area contributed by atoms with E-state index in [0.717, 1.165) is 30.8 Å². The summed E-state index contributed by atoms with van der Waals surface area (Å²) < 4.78 is 5.86. The van der Waals surface area contributed by atoms with E-state index < -0.39 is 0 Å². The molecule has 3 heterocycles. The molecule has 2 N–H and O–H groups in total. The number of nitrogens with zero attached hydrogens (tertiary/aromatic N) is 1. The largest absolute Gasteiger partial charge is 0.454 e. The van der Waals surface area contributed by atoms with Crippen molar-refractivity contribution < 1.29 is 9.21 Å². The Bertz CT molecular complexity index is 905. The van der Waals surface area contributed by atoms with Gasteiger partial charge >= 0.3 is 0 Å². The van der Waals surface area contributed by atoms with Gasteiger partial charge in [-0.3, -0.25) is 9.69 Å². The highest BCUT2D eigenvalue weighted by atomic mass is 16.4. The van der Waals surface area contributed by atoms with Crippen LogP contribution in [0.3, 0.4) is 0 Å². The molecule has 1 saturated heterocycles. The second-order valence-electron chi connectivity index (χ2n) is 7.34. The maximum atomic E-state index is 12.4. The first kappa shape index (κ1) is 17.9. The maximum absolute atomic E-state index is 12.4. The number of piperidine rings is 1. The van der Waals surface area contributed by atoms with Crippen molar-refractivity contribution in [3.63, 3.8) is 0 Å². The van der Waals surface area contributed by atoms with Crippen molar-refractivity contribution in [1.82, 2.24) is 15.2 Å². The maximum Gasteiger partial charge on any atom is 0.287 e. The lowest BCUT2D eigenvalue weighted by Crippen LogP contribution is -2.32. The van der Waals surface area contributed by atoms with Crippen LogP contribution in [0.15, 0.2) is 47.0 Å². The van der Waals surface area contributed by atoms with Crippen LogP contribution in [0, 0.1) is 0 Å². The van der Waals surface area contributed by atoms with Gasteiger partial charge in [-0.1, -0.05) is 24.6 Å². The molecule has 27 heavy (non-hydrogen) atoms. The minimum Gasteiger partial charge on any atom is -0.454 e. The molecule has 0 radical (unpaired) electrons. The number of carbonyl (C=O) groups is 1. The fourth-order valence-corrected chi connectivity index (χ4v) is 3.92. The van der Waals surface area contributed by atoms with Crippen LogP contribution in [0.1, 0.15) is 54.1 Å². The number of furan rings is 1. The lowest BCUT2D eigenvalue weighted by molar-refractivity contribution is 0.0917. The van der Waals surface area contributed by atoms with E-state index in [9.17, 15) is 4.79 Å². The Labute approximate surface area is 159 Å². The number of carbonyl (C=O) groups excluding carboxylic acids is 1. The van der Waals surface area contributed by atoms with Gasteiger partial charge in [-0.25, -0.2) is 0 Å². The van der Waals surface area contributed by atoms with E-state index in [-0.39, 0.29) is 11.9 Å². The third kappa shape index (κ3) is 3.93. The standard InChI is InChI=1S/C22H27N3O2/c1-16(25-13-5-2-6-14-25)20-9-10-21(27-20)22(26)23-12-11-17-15-24-19-8-4-3-7-18(17)19/h3-4,7-10,15-16,24H,2,5-6,11-14H2,1H3,(H,23,26)/t16-/m1/s1. The van der Waals surface area contributed by atoms with Crippen LogP contribution in [-0.2, 0) is 6.42 Å². The fourth-order valence-electron chi connectivity index (χ4n) is 3.92. The normalized spacial score (nSPS) is 16.5. The number of H-pyrrole nitrogens is 1. The molecule has 3 aromatic rings. The third-order valence-corrected chi connectivity index (χ3v) is 5.56. The monoisotopic (exact) mass is 365 g/mol. The molecule has 4 rings (SSSR count). The van der Waals surface area contributed by atoms with Gasteiger partial charge in [0.15, 0.2) is 5.76 Å². The van der Waals surface area contributed by atoms with Crippen LogP contribution in [0.25, 0.3) is 10.9 Å². The molecule has 1 aliphatic heterocycles. The molecule has 0 saturated carbocycles. The Hall–Kier alpha value is -2.53. The van der Waals surface area contributed by atoms with Crippen LogP contribution in [0.4, 0.5) is 0 Å². The molecule has 1 fully saturated rings. The number of aromatic amines is 1. The SMILES string of the molecule is C[C@H](c1ccc(C(=O)NCCc2c[nH]c3ccccc23)o1)N1CCCCC1. The molecular weight excluding hydrogens is 338 g/mol. The summed E-state index contributed by atoms with van der Waals surface area (Å²) in [7, 11) is 0. The van der Waals surface area contributed by atoms with Crippen molar-refractivity contribution in [3.8, 4) is 0 Å². The number of aromatic nitrogens is 1. The van der Waals surface area contributed by atoms with E-state index in [1.807, 2.05) is 24.4 Å². The summed E-state index contributed by atoms with van der Waals surface area (Å²) in [5.74, 6) is 1.12. The van der Waals surface area contributed by atoms with Crippen molar-refractivity contribution in [2.75, 3.05) is 19.6 Å². The molecule has 0 bridgehead atoms. The predicted octanol–water partition coefficient (Wildman–Crippen LogP) is 4.28. The lowest BCUT2D eigenvalue weighted by atomic mass is 10.1. The molecule has 0 unspecified atom stereocenters. The number of hydrogen-bond donors (Lipinski definition) is 2. The highest BCUT2D eigenvalue weighted by Gasteiger charge is 2.22. The van der Waals surface area contributed by atoms with E-state index >= 15 is 0 Å². The molecule has 0 spiro atoms. The Kier molecular flexibility index (Phi) is 5.30. The summed E-state index contributed by atoms with van der Waals surface area (Å²) in [5, 5.41) is 4.18. The summed E-state index contributed by atoms with van der Waals surface area (Å²) in [6.45, 7) is 4.95. The molecule has 142 valence electrons. The van der Waals surface area contributed by atoms with E-state index in [1.165, 1.54) is 30.2 Å². The molecule has 5 nitrogen and oxygen atoms in total. The number of fused-ring (bicyclic) bond motifs is 1. The van der Waals surface area contributed by atoms with E-state index in [1.54, 1.807) is 6.07 Å². The van der Waals surface area contributed by atoms with Crippen LogP contribution in [-0.4, -0.2) is 35.4 Å². The topological polar surface area (TPSA) is 61.3 Å². The molecule has 1 atom stereocenters. The fraction of sp³-hybridized carbons (Fsp3) is 0.409. The molecule has 5 heteroatoms. The van der Waals surface area contributed by atoms with E-state index in [4.69, 9.17) is 4.42 Å². The van der Waals surface area contributed by atoms with Gasteiger partial charge in [0.1, 0.15) is 5.76 Å². The van der Waals surface area contributed by atoms with Crippen LogP contribution in [0.5, 0.6) is 0 Å². The Balaban J connectivity index is 1.33. The molecule has 0 aliphatic carbocycles. The molecule has 1 aliphatic rings. The van der Waals surface area contributed by atoms with Gasteiger partial charge in [0.2, 0.25) is 0 Å². The highest BCUT2D eigenvalue weighted by Crippen LogP contribution is 2.25. The summed E-state index contributed by atoms with van der Waals surface area (Å²) >= 11 is 0.